The summed E-state index contributed by atoms with van der Waals surface area (Å²) in [4.78, 5) is 0. The minimum Gasteiger partial charge on any atom is -0.305 e. The molecular formula is C8H11N5. The summed E-state index contributed by atoms with van der Waals surface area (Å²) in [6.45, 7) is 7.46. The van der Waals surface area contributed by atoms with Gasteiger partial charge < -0.3 is 5.41 Å². The molecule has 0 bridgehead atoms. The van der Waals surface area contributed by atoms with Crippen LogP contribution < -0.4 is 0 Å². The van der Waals surface area contributed by atoms with Crippen molar-refractivity contribution in [2.75, 3.05) is 0 Å². The van der Waals surface area contributed by atoms with Crippen molar-refractivity contribution in [3.05, 3.63) is 24.3 Å². The van der Waals surface area contributed by atoms with Crippen molar-refractivity contribution in [2.45, 2.75) is 13.8 Å². The molecule has 0 aliphatic carbocycles. The molecule has 0 spiro atoms. The van der Waals surface area contributed by atoms with Crippen molar-refractivity contribution in [1.82, 2.24) is 14.9 Å². The van der Waals surface area contributed by atoms with Gasteiger partial charge in [0.1, 0.15) is 6.33 Å². The van der Waals surface area contributed by atoms with E-state index in [0.29, 0.717) is 5.82 Å². The minimum absolute atomic E-state index is 0.403. The van der Waals surface area contributed by atoms with E-state index in [9.17, 15) is 0 Å². The molecule has 0 saturated carbocycles. The maximum absolute atomic E-state index is 7.01. The average molecular weight is 177 g/mol. The van der Waals surface area contributed by atoms with Crippen molar-refractivity contribution < 1.29 is 0 Å². The standard InChI is InChI=1S/C8H11N5/c1-6(2)7(3)12-13-5-10-11-8(13)4-9/h4-5,9H,1H2,2-3H3/b9-4?,12-7+. The molecule has 0 radical (unpaired) electrons. The molecule has 13 heavy (non-hydrogen) atoms. The van der Waals surface area contributed by atoms with Crippen LogP contribution in [-0.2, 0) is 0 Å². The predicted molar refractivity (Wildman–Crippen MR) is 51.2 cm³/mol. The Kier molecular flexibility index (Phi) is 2.69. The Morgan fingerprint density at radius 3 is 2.92 bits per heavy atom. The second kappa shape index (κ2) is 3.75. The van der Waals surface area contributed by atoms with Crippen LogP contribution in [0.2, 0.25) is 0 Å². The maximum atomic E-state index is 7.01. The van der Waals surface area contributed by atoms with Crippen molar-refractivity contribution in [3.8, 4) is 0 Å². The largest absolute Gasteiger partial charge is 0.305 e. The van der Waals surface area contributed by atoms with Crippen molar-refractivity contribution in [1.29, 1.82) is 5.41 Å². The lowest BCUT2D eigenvalue weighted by Crippen LogP contribution is -2.00. The number of rotatable bonds is 3. The first kappa shape index (κ1) is 9.31. The van der Waals surface area contributed by atoms with E-state index >= 15 is 0 Å². The normalized spacial score (nSPS) is 11.4. The smallest absolute Gasteiger partial charge is 0.194 e. The number of nitrogens with zero attached hydrogens (tertiary/aromatic N) is 4. The van der Waals surface area contributed by atoms with Gasteiger partial charge in [0, 0.05) is 0 Å². The molecule has 0 saturated heterocycles. The average Bonchev–Trinajstić information content (AvgIpc) is 2.51. The molecule has 0 unspecified atom stereocenters. The van der Waals surface area contributed by atoms with Gasteiger partial charge in [-0.25, -0.2) is 0 Å². The van der Waals surface area contributed by atoms with Crippen molar-refractivity contribution in [3.63, 3.8) is 0 Å². The molecule has 1 heterocycles. The Hall–Kier alpha value is -1.78. The summed E-state index contributed by atoms with van der Waals surface area (Å²) >= 11 is 0. The highest BCUT2D eigenvalue weighted by Crippen LogP contribution is 1.96. The van der Waals surface area contributed by atoms with E-state index in [4.69, 9.17) is 5.41 Å². The number of allylic oxidation sites excluding steroid dienone is 1. The van der Waals surface area contributed by atoms with Gasteiger partial charge in [0.05, 0.1) is 11.9 Å². The molecule has 68 valence electrons. The van der Waals surface area contributed by atoms with Gasteiger partial charge in [-0.05, 0) is 19.4 Å². The first-order valence-electron chi connectivity index (χ1n) is 3.77. The van der Waals surface area contributed by atoms with Crippen molar-refractivity contribution in [2.24, 2.45) is 5.10 Å². The van der Waals surface area contributed by atoms with Crippen LogP contribution >= 0.6 is 0 Å². The zero-order valence-electron chi connectivity index (χ0n) is 7.65. The van der Waals surface area contributed by atoms with Crippen LogP contribution in [0.3, 0.4) is 0 Å². The highest BCUT2D eigenvalue weighted by Gasteiger charge is 1.99. The number of aromatic nitrogens is 3. The Morgan fingerprint density at radius 1 is 1.69 bits per heavy atom. The molecule has 5 heteroatoms. The van der Waals surface area contributed by atoms with Gasteiger partial charge in [-0.1, -0.05) is 6.58 Å². The van der Waals surface area contributed by atoms with Crippen LogP contribution in [-0.4, -0.2) is 26.8 Å². The lowest BCUT2D eigenvalue weighted by molar-refractivity contribution is 0.860. The van der Waals surface area contributed by atoms with Gasteiger partial charge in [0.25, 0.3) is 0 Å². The fraction of sp³-hybridized carbons (Fsp3) is 0.250. The highest BCUT2D eigenvalue weighted by molar-refractivity contribution is 5.97. The SMILES string of the molecule is C=C(C)/C(C)=N/n1cnnc1C=N. The number of nitrogens with one attached hydrogen (secondary N) is 1. The van der Waals surface area contributed by atoms with Gasteiger partial charge in [0.2, 0.25) is 0 Å². The first-order chi connectivity index (χ1) is 6.15. The molecule has 0 amide bonds. The second-order valence-corrected chi connectivity index (χ2v) is 2.64. The topological polar surface area (TPSA) is 66.9 Å². The van der Waals surface area contributed by atoms with Gasteiger partial charge in [-0.3, -0.25) is 0 Å². The third-order valence-electron chi connectivity index (χ3n) is 1.56. The van der Waals surface area contributed by atoms with Crippen LogP contribution in [0.25, 0.3) is 0 Å². The third kappa shape index (κ3) is 2.08. The third-order valence-corrected chi connectivity index (χ3v) is 1.56. The van der Waals surface area contributed by atoms with Gasteiger partial charge in [-0.15, -0.1) is 10.2 Å². The fourth-order valence-electron chi connectivity index (χ4n) is 0.658. The molecule has 1 rings (SSSR count). The van der Waals surface area contributed by atoms with Crippen LogP contribution in [0.4, 0.5) is 0 Å². The van der Waals surface area contributed by atoms with Crippen LogP contribution in [0.5, 0.6) is 0 Å². The summed E-state index contributed by atoms with van der Waals surface area (Å²) in [5.41, 5.74) is 1.67. The monoisotopic (exact) mass is 177 g/mol. The molecule has 1 aromatic heterocycles. The molecule has 5 nitrogen and oxygen atoms in total. The first-order valence-corrected chi connectivity index (χ1v) is 3.77. The van der Waals surface area contributed by atoms with E-state index in [1.165, 1.54) is 11.0 Å². The van der Waals surface area contributed by atoms with E-state index in [2.05, 4.69) is 21.9 Å². The number of hydrogen-bond acceptors (Lipinski definition) is 4. The van der Waals surface area contributed by atoms with Crippen LogP contribution in [0.15, 0.2) is 23.6 Å². The Balaban J connectivity index is 3.03. The van der Waals surface area contributed by atoms with E-state index in [1.54, 1.807) is 0 Å². The zero-order valence-corrected chi connectivity index (χ0v) is 7.65. The van der Waals surface area contributed by atoms with Crippen LogP contribution in [0.1, 0.15) is 19.7 Å². The lowest BCUT2D eigenvalue weighted by atomic mass is 10.2. The van der Waals surface area contributed by atoms with E-state index < -0.39 is 0 Å². The lowest BCUT2D eigenvalue weighted by Gasteiger charge is -1.98. The van der Waals surface area contributed by atoms with Gasteiger partial charge in [0.15, 0.2) is 5.82 Å². The quantitative estimate of drug-likeness (QED) is 0.702. The van der Waals surface area contributed by atoms with Crippen LogP contribution in [0, 0.1) is 5.41 Å². The zero-order chi connectivity index (χ0) is 9.84. The molecule has 0 aromatic carbocycles. The highest BCUT2D eigenvalue weighted by atomic mass is 15.4. The van der Waals surface area contributed by atoms with E-state index in [0.717, 1.165) is 17.5 Å². The predicted octanol–water partition coefficient (Wildman–Crippen LogP) is 1.08. The Labute approximate surface area is 76.3 Å². The molecule has 1 aromatic rings. The maximum Gasteiger partial charge on any atom is 0.194 e. The summed E-state index contributed by atoms with van der Waals surface area (Å²) in [7, 11) is 0. The summed E-state index contributed by atoms with van der Waals surface area (Å²) in [6, 6.07) is 0. The summed E-state index contributed by atoms with van der Waals surface area (Å²) < 4.78 is 1.44. The van der Waals surface area contributed by atoms with Gasteiger partial charge in [-0.2, -0.15) is 9.78 Å². The molecule has 0 atom stereocenters. The molecular weight excluding hydrogens is 166 g/mol. The molecule has 1 N–H and O–H groups in total. The van der Waals surface area contributed by atoms with E-state index in [1.807, 2.05) is 13.8 Å². The summed E-state index contributed by atoms with van der Waals surface area (Å²) in [5.74, 6) is 0.403. The second-order valence-electron chi connectivity index (χ2n) is 2.64. The fourth-order valence-corrected chi connectivity index (χ4v) is 0.658. The Bertz CT molecular complexity index is 360. The van der Waals surface area contributed by atoms with E-state index in [-0.39, 0.29) is 0 Å². The molecule has 0 aliphatic heterocycles. The van der Waals surface area contributed by atoms with Crippen molar-refractivity contribution >= 4 is 11.9 Å². The summed E-state index contributed by atoms with van der Waals surface area (Å²) in [6.07, 6.45) is 2.55. The molecule has 0 aliphatic rings. The molecule has 0 fully saturated rings. The minimum atomic E-state index is 0.403. The Morgan fingerprint density at radius 2 is 2.38 bits per heavy atom. The summed E-state index contributed by atoms with van der Waals surface area (Å²) in [5, 5.41) is 18.5. The van der Waals surface area contributed by atoms with Gasteiger partial charge >= 0.3 is 0 Å². The number of hydrogen-bond donors (Lipinski definition) is 1.